The molecule has 1 saturated heterocycles. The van der Waals surface area contributed by atoms with E-state index in [1.165, 1.54) is 12.4 Å². The van der Waals surface area contributed by atoms with Gasteiger partial charge in [0.1, 0.15) is 29.3 Å². The second kappa shape index (κ2) is 5.92. The third kappa shape index (κ3) is 2.58. The van der Waals surface area contributed by atoms with Gasteiger partial charge in [0.15, 0.2) is 0 Å². The van der Waals surface area contributed by atoms with Crippen molar-refractivity contribution in [1.82, 2.24) is 15.0 Å². The first-order valence-electron chi connectivity index (χ1n) is 7.83. The average molecular weight is 324 g/mol. The van der Waals surface area contributed by atoms with Gasteiger partial charge in [-0.15, -0.1) is 0 Å². The highest BCUT2D eigenvalue weighted by Crippen LogP contribution is 2.26. The van der Waals surface area contributed by atoms with Gasteiger partial charge in [-0.05, 0) is 24.3 Å². The molecular formula is C17H17FN6. The molecule has 0 amide bonds. The Hall–Kier alpha value is -2.96. The molecule has 3 heterocycles. The van der Waals surface area contributed by atoms with Crippen LogP contribution in [0, 0.1) is 5.82 Å². The average Bonchev–Trinajstić information content (AvgIpc) is 2.63. The number of nitrogens with zero attached hydrogens (tertiary/aromatic N) is 5. The van der Waals surface area contributed by atoms with Crippen LogP contribution in [0.25, 0.3) is 10.9 Å². The Morgan fingerprint density at radius 3 is 2.46 bits per heavy atom. The molecule has 0 bridgehead atoms. The number of anilines is 3. The Morgan fingerprint density at radius 2 is 1.71 bits per heavy atom. The number of hydrogen-bond acceptors (Lipinski definition) is 6. The number of fused-ring (bicyclic) bond motifs is 1. The summed E-state index contributed by atoms with van der Waals surface area (Å²) in [6.45, 7) is 3.28. The maximum absolute atomic E-state index is 13.9. The molecule has 0 saturated carbocycles. The van der Waals surface area contributed by atoms with Crippen LogP contribution in [0.15, 0.2) is 42.9 Å². The number of aromatic nitrogens is 3. The van der Waals surface area contributed by atoms with Crippen LogP contribution in [0.4, 0.5) is 21.7 Å². The van der Waals surface area contributed by atoms with Gasteiger partial charge in [-0.1, -0.05) is 6.07 Å². The number of halogens is 1. The summed E-state index contributed by atoms with van der Waals surface area (Å²) < 4.78 is 13.9. The quantitative estimate of drug-likeness (QED) is 0.778. The van der Waals surface area contributed by atoms with Gasteiger partial charge < -0.3 is 15.5 Å². The van der Waals surface area contributed by atoms with Crippen LogP contribution in [-0.4, -0.2) is 41.1 Å². The summed E-state index contributed by atoms with van der Waals surface area (Å²) >= 11 is 0. The maximum Gasteiger partial charge on any atom is 0.149 e. The van der Waals surface area contributed by atoms with Gasteiger partial charge in [0, 0.05) is 31.6 Å². The molecular weight excluding hydrogens is 307 g/mol. The smallest absolute Gasteiger partial charge is 0.149 e. The van der Waals surface area contributed by atoms with E-state index in [0.29, 0.717) is 11.3 Å². The second-order valence-electron chi connectivity index (χ2n) is 5.75. The molecule has 2 aromatic heterocycles. The van der Waals surface area contributed by atoms with E-state index in [2.05, 4.69) is 24.8 Å². The van der Waals surface area contributed by atoms with E-state index in [4.69, 9.17) is 5.73 Å². The maximum atomic E-state index is 13.9. The van der Waals surface area contributed by atoms with E-state index in [1.54, 1.807) is 12.3 Å². The molecule has 3 aromatic rings. The number of benzene rings is 1. The van der Waals surface area contributed by atoms with Crippen molar-refractivity contribution in [3.05, 3.63) is 48.7 Å². The first-order chi connectivity index (χ1) is 11.7. The van der Waals surface area contributed by atoms with Gasteiger partial charge in [0.2, 0.25) is 0 Å². The van der Waals surface area contributed by atoms with Gasteiger partial charge >= 0.3 is 0 Å². The van der Waals surface area contributed by atoms with Crippen LogP contribution in [-0.2, 0) is 0 Å². The van der Waals surface area contributed by atoms with Crippen molar-refractivity contribution in [1.29, 1.82) is 0 Å². The molecule has 122 valence electrons. The number of para-hydroxylation sites is 1. The molecule has 7 heteroatoms. The molecule has 0 spiro atoms. The predicted octanol–water partition coefficient (Wildman–Crippen LogP) is 2.07. The molecule has 0 aliphatic carbocycles. The van der Waals surface area contributed by atoms with E-state index in [1.807, 2.05) is 18.2 Å². The van der Waals surface area contributed by atoms with Crippen molar-refractivity contribution in [2.24, 2.45) is 0 Å². The molecule has 1 fully saturated rings. The molecule has 6 nitrogen and oxygen atoms in total. The topological polar surface area (TPSA) is 71.2 Å². The van der Waals surface area contributed by atoms with Crippen molar-refractivity contribution in [2.75, 3.05) is 41.7 Å². The number of rotatable bonds is 2. The normalized spacial score (nSPS) is 15.0. The molecule has 2 N–H and O–H groups in total. The van der Waals surface area contributed by atoms with Crippen molar-refractivity contribution >= 4 is 28.2 Å². The third-order valence-electron chi connectivity index (χ3n) is 4.31. The minimum absolute atomic E-state index is 0.317. The number of piperazine rings is 1. The first kappa shape index (κ1) is 14.6. The molecule has 4 rings (SSSR count). The van der Waals surface area contributed by atoms with Gasteiger partial charge in [-0.25, -0.2) is 19.3 Å². The number of nitrogens with two attached hydrogens (primary N) is 1. The zero-order chi connectivity index (χ0) is 16.5. The highest BCUT2D eigenvalue weighted by Gasteiger charge is 2.20. The van der Waals surface area contributed by atoms with Crippen LogP contribution < -0.4 is 15.5 Å². The lowest BCUT2D eigenvalue weighted by atomic mass is 10.2. The minimum atomic E-state index is -0.317. The highest BCUT2D eigenvalue weighted by atomic mass is 19.1. The van der Waals surface area contributed by atoms with Crippen molar-refractivity contribution in [3.63, 3.8) is 0 Å². The molecule has 0 radical (unpaired) electrons. The van der Waals surface area contributed by atoms with E-state index < -0.39 is 0 Å². The molecule has 0 unspecified atom stereocenters. The molecule has 1 aliphatic rings. The molecule has 1 aliphatic heterocycles. The van der Waals surface area contributed by atoms with E-state index in [-0.39, 0.29) is 5.82 Å². The fourth-order valence-corrected chi connectivity index (χ4v) is 3.05. The Morgan fingerprint density at radius 1 is 0.917 bits per heavy atom. The van der Waals surface area contributed by atoms with Gasteiger partial charge in [-0.3, -0.25) is 0 Å². The Balaban J connectivity index is 1.56. The first-order valence-corrected chi connectivity index (χ1v) is 7.83. The minimum Gasteiger partial charge on any atom is -0.384 e. The predicted molar refractivity (Wildman–Crippen MR) is 92.6 cm³/mol. The fourth-order valence-electron chi connectivity index (χ4n) is 3.05. The second-order valence-corrected chi connectivity index (χ2v) is 5.75. The van der Waals surface area contributed by atoms with Crippen molar-refractivity contribution in [3.8, 4) is 0 Å². The van der Waals surface area contributed by atoms with E-state index in [0.717, 1.165) is 43.1 Å². The lowest BCUT2D eigenvalue weighted by Crippen LogP contribution is -2.47. The Bertz CT molecular complexity index is 859. The van der Waals surface area contributed by atoms with Crippen molar-refractivity contribution in [2.45, 2.75) is 0 Å². The fraction of sp³-hybridized carbons (Fsp3) is 0.235. The standard InChI is InChI=1S/C17H17FN6/c18-14-3-1-2-13-16(14)21-11-22-17(13)24-8-6-23(7-9-24)12-4-5-15(19)20-10-12/h1-5,10-11H,6-9H2,(H2,19,20). The third-order valence-corrected chi connectivity index (χ3v) is 4.31. The molecule has 24 heavy (non-hydrogen) atoms. The number of pyridine rings is 1. The summed E-state index contributed by atoms with van der Waals surface area (Å²) in [4.78, 5) is 17.0. The Labute approximate surface area is 138 Å². The highest BCUT2D eigenvalue weighted by molar-refractivity contribution is 5.89. The monoisotopic (exact) mass is 324 g/mol. The summed E-state index contributed by atoms with van der Waals surface area (Å²) in [5.74, 6) is 0.990. The lowest BCUT2D eigenvalue weighted by Gasteiger charge is -2.36. The van der Waals surface area contributed by atoms with Gasteiger partial charge in [-0.2, -0.15) is 0 Å². The summed E-state index contributed by atoms with van der Waals surface area (Å²) in [5.41, 5.74) is 7.06. The lowest BCUT2D eigenvalue weighted by molar-refractivity contribution is 0.634. The summed E-state index contributed by atoms with van der Waals surface area (Å²) in [6.07, 6.45) is 3.22. The van der Waals surface area contributed by atoms with Gasteiger partial charge in [0.05, 0.1) is 11.9 Å². The van der Waals surface area contributed by atoms with Gasteiger partial charge in [0.25, 0.3) is 0 Å². The van der Waals surface area contributed by atoms with Crippen LogP contribution >= 0.6 is 0 Å². The zero-order valence-electron chi connectivity index (χ0n) is 13.1. The Kier molecular flexibility index (Phi) is 3.60. The molecule has 0 atom stereocenters. The number of nitrogen functional groups attached to an aromatic ring is 1. The van der Waals surface area contributed by atoms with Crippen LogP contribution in [0.3, 0.4) is 0 Å². The van der Waals surface area contributed by atoms with E-state index in [9.17, 15) is 4.39 Å². The SMILES string of the molecule is Nc1ccc(N2CCN(c3ncnc4c(F)cccc34)CC2)cn1. The van der Waals surface area contributed by atoms with Crippen LogP contribution in [0.2, 0.25) is 0 Å². The zero-order valence-corrected chi connectivity index (χ0v) is 13.1. The van der Waals surface area contributed by atoms with Crippen molar-refractivity contribution < 1.29 is 4.39 Å². The largest absolute Gasteiger partial charge is 0.384 e. The molecule has 1 aromatic carbocycles. The summed E-state index contributed by atoms with van der Waals surface area (Å²) in [7, 11) is 0. The summed E-state index contributed by atoms with van der Waals surface area (Å²) in [5, 5.41) is 0.750. The van der Waals surface area contributed by atoms with Crippen LogP contribution in [0.5, 0.6) is 0 Å². The van der Waals surface area contributed by atoms with E-state index >= 15 is 0 Å². The van der Waals surface area contributed by atoms with Crippen LogP contribution in [0.1, 0.15) is 0 Å². The number of hydrogen-bond donors (Lipinski definition) is 1. The summed E-state index contributed by atoms with van der Waals surface area (Å²) in [6, 6.07) is 8.77.